The van der Waals surface area contributed by atoms with Crippen molar-refractivity contribution in [3.63, 3.8) is 0 Å². The summed E-state index contributed by atoms with van der Waals surface area (Å²) in [5.74, 6) is 1.80. The molecule has 2 heterocycles. The van der Waals surface area contributed by atoms with Crippen LogP contribution in [0.4, 0.5) is 5.69 Å². The number of para-hydroxylation sites is 2. The highest BCUT2D eigenvalue weighted by molar-refractivity contribution is 8.00. The molecule has 0 aliphatic carbocycles. The van der Waals surface area contributed by atoms with E-state index >= 15 is 0 Å². The molecule has 0 unspecified atom stereocenters. The minimum absolute atomic E-state index is 0.159. The second-order valence-corrected chi connectivity index (χ2v) is 12.5. The summed E-state index contributed by atoms with van der Waals surface area (Å²) in [6.45, 7) is 7.14. The lowest BCUT2D eigenvalue weighted by Crippen LogP contribution is -2.21. The number of carbonyl (C=O) groups is 1. The fourth-order valence-corrected chi connectivity index (χ4v) is 5.79. The van der Waals surface area contributed by atoms with Crippen LogP contribution in [0.15, 0.2) is 131 Å². The quantitative estimate of drug-likeness (QED) is 0.110. The number of thioether (sulfide) groups is 1. The molecule has 5 aromatic rings. The number of anilines is 1. The number of hydrogen-bond donors (Lipinski definition) is 0. The standard InChI is InChI=1S/C38H36N4O2S/c1-27(2)22-23-44-33-18-16-29(17-19-33)37-30(25-41(40-37)31-10-6-4-7-11-31)24-35-36(26-45-34-20-14-28(3)15-21-34)39-42(38(35)43)32-12-8-5-9-13-32/h4-21,24-25,27H,22-23,26H2,1-3H3/b35-24+. The first kappa shape index (κ1) is 30.2. The summed E-state index contributed by atoms with van der Waals surface area (Å²) < 4.78 is 7.83. The Bertz CT molecular complexity index is 1810. The molecule has 0 bridgehead atoms. The van der Waals surface area contributed by atoms with Crippen LogP contribution in [0.2, 0.25) is 0 Å². The van der Waals surface area contributed by atoms with Crippen LogP contribution in [0.5, 0.6) is 5.75 Å². The highest BCUT2D eigenvalue weighted by Crippen LogP contribution is 2.32. The zero-order valence-electron chi connectivity index (χ0n) is 25.8. The molecule has 0 spiro atoms. The van der Waals surface area contributed by atoms with Gasteiger partial charge in [0.05, 0.1) is 35.0 Å². The van der Waals surface area contributed by atoms with Crippen molar-refractivity contribution in [2.75, 3.05) is 17.4 Å². The molecule has 0 N–H and O–H groups in total. The van der Waals surface area contributed by atoms with E-state index in [1.165, 1.54) is 10.6 Å². The molecular formula is C38H36N4O2S. The Kier molecular flexibility index (Phi) is 9.27. The van der Waals surface area contributed by atoms with Crippen LogP contribution in [0.3, 0.4) is 0 Å². The lowest BCUT2D eigenvalue weighted by Gasteiger charge is -2.11. The van der Waals surface area contributed by atoms with Crippen molar-refractivity contribution in [3.05, 3.63) is 132 Å². The zero-order chi connectivity index (χ0) is 31.2. The number of aromatic nitrogens is 2. The molecule has 4 aromatic carbocycles. The predicted octanol–water partition coefficient (Wildman–Crippen LogP) is 8.85. The number of benzene rings is 4. The smallest absolute Gasteiger partial charge is 0.280 e. The third-order valence-corrected chi connectivity index (χ3v) is 8.53. The summed E-state index contributed by atoms with van der Waals surface area (Å²) in [5.41, 5.74) is 6.70. The van der Waals surface area contributed by atoms with E-state index in [1.807, 2.05) is 102 Å². The van der Waals surface area contributed by atoms with Gasteiger partial charge in [0.15, 0.2) is 0 Å². The molecule has 7 heteroatoms. The minimum atomic E-state index is -0.159. The zero-order valence-corrected chi connectivity index (χ0v) is 26.6. The van der Waals surface area contributed by atoms with Crippen LogP contribution in [0.25, 0.3) is 23.0 Å². The average molecular weight is 613 g/mol. The normalized spacial score (nSPS) is 14.0. The topological polar surface area (TPSA) is 59.7 Å². The number of nitrogens with zero attached hydrogens (tertiary/aromatic N) is 4. The number of rotatable bonds is 11. The van der Waals surface area contributed by atoms with Crippen LogP contribution in [0, 0.1) is 12.8 Å². The maximum absolute atomic E-state index is 14.0. The van der Waals surface area contributed by atoms with Gasteiger partial charge in [-0.25, -0.2) is 4.68 Å². The maximum Gasteiger partial charge on any atom is 0.280 e. The van der Waals surface area contributed by atoms with Crippen molar-refractivity contribution in [3.8, 4) is 22.7 Å². The van der Waals surface area contributed by atoms with Gasteiger partial charge in [-0.05, 0) is 86.0 Å². The van der Waals surface area contributed by atoms with Gasteiger partial charge in [0.25, 0.3) is 5.91 Å². The molecule has 6 nitrogen and oxygen atoms in total. The van der Waals surface area contributed by atoms with E-state index in [1.54, 1.807) is 11.8 Å². The molecule has 0 radical (unpaired) electrons. The largest absolute Gasteiger partial charge is 0.494 e. The van der Waals surface area contributed by atoms with Gasteiger partial charge >= 0.3 is 0 Å². The van der Waals surface area contributed by atoms with Crippen molar-refractivity contribution in [1.29, 1.82) is 0 Å². The van der Waals surface area contributed by atoms with Gasteiger partial charge in [-0.15, -0.1) is 11.8 Å². The first-order valence-corrected chi connectivity index (χ1v) is 16.2. The highest BCUT2D eigenvalue weighted by Gasteiger charge is 2.31. The van der Waals surface area contributed by atoms with Crippen LogP contribution in [-0.4, -0.2) is 33.8 Å². The molecule has 1 amide bonds. The van der Waals surface area contributed by atoms with Crippen LogP contribution < -0.4 is 9.75 Å². The number of amides is 1. The second kappa shape index (κ2) is 13.8. The first-order valence-electron chi connectivity index (χ1n) is 15.2. The summed E-state index contributed by atoms with van der Waals surface area (Å²) in [7, 11) is 0. The Morgan fingerprint density at radius 1 is 0.844 bits per heavy atom. The van der Waals surface area contributed by atoms with Gasteiger partial charge in [0.1, 0.15) is 5.75 Å². The Balaban J connectivity index is 1.37. The highest BCUT2D eigenvalue weighted by atomic mass is 32.2. The summed E-state index contributed by atoms with van der Waals surface area (Å²) in [6.07, 6.45) is 4.92. The van der Waals surface area contributed by atoms with Crippen molar-refractivity contribution in [2.24, 2.45) is 11.0 Å². The van der Waals surface area contributed by atoms with Crippen LogP contribution in [-0.2, 0) is 4.79 Å². The molecule has 6 rings (SSSR count). The van der Waals surface area contributed by atoms with E-state index in [9.17, 15) is 4.79 Å². The summed E-state index contributed by atoms with van der Waals surface area (Å²) in [5, 5.41) is 11.3. The van der Waals surface area contributed by atoms with E-state index in [2.05, 4.69) is 45.0 Å². The van der Waals surface area contributed by atoms with Gasteiger partial charge in [0, 0.05) is 28.0 Å². The molecule has 1 aliphatic rings. The van der Waals surface area contributed by atoms with Gasteiger partial charge in [-0.1, -0.05) is 67.9 Å². The van der Waals surface area contributed by atoms with Crippen LogP contribution >= 0.6 is 11.8 Å². The van der Waals surface area contributed by atoms with Crippen molar-refractivity contribution >= 4 is 35.1 Å². The number of hydrazone groups is 1. The third kappa shape index (κ3) is 7.27. The fraction of sp³-hybridized carbons (Fsp3) is 0.184. The summed E-state index contributed by atoms with van der Waals surface area (Å²) in [6, 6.07) is 36.0. The van der Waals surface area contributed by atoms with E-state index in [4.69, 9.17) is 14.9 Å². The van der Waals surface area contributed by atoms with Gasteiger partial charge in [0.2, 0.25) is 0 Å². The molecule has 0 saturated carbocycles. The average Bonchev–Trinajstić information content (AvgIpc) is 3.63. The Morgan fingerprint density at radius 2 is 1.51 bits per heavy atom. The van der Waals surface area contributed by atoms with Crippen molar-refractivity contribution < 1.29 is 9.53 Å². The molecule has 45 heavy (non-hydrogen) atoms. The number of hydrogen-bond acceptors (Lipinski definition) is 5. The Labute approximate surface area is 269 Å². The van der Waals surface area contributed by atoms with Gasteiger partial charge in [-0.3, -0.25) is 4.79 Å². The fourth-order valence-electron chi connectivity index (χ4n) is 4.95. The molecule has 0 fully saturated rings. The minimum Gasteiger partial charge on any atom is -0.494 e. The number of carbonyl (C=O) groups excluding carboxylic acids is 1. The molecule has 0 atom stereocenters. The lowest BCUT2D eigenvalue weighted by atomic mass is 10.0. The molecular weight excluding hydrogens is 577 g/mol. The lowest BCUT2D eigenvalue weighted by molar-refractivity contribution is -0.114. The third-order valence-electron chi connectivity index (χ3n) is 7.51. The summed E-state index contributed by atoms with van der Waals surface area (Å²) >= 11 is 1.67. The number of aryl methyl sites for hydroxylation is 1. The SMILES string of the molecule is Cc1ccc(SCC2=NN(c3ccccc3)C(=O)/C2=C/c2cn(-c3ccccc3)nc2-c2ccc(OCCC(C)C)cc2)cc1. The van der Waals surface area contributed by atoms with E-state index in [-0.39, 0.29) is 5.91 Å². The van der Waals surface area contributed by atoms with Crippen molar-refractivity contribution in [1.82, 2.24) is 9.78 Å². The maximum atomic E-state index is 14.0. The molecule has 0 saturated heterocycles. The van der Waals surface area contributed by atoms with Crippen molar-refractivity contribution in [2.45, 2.75) is 32.1 Å². The Hall–Kier alpha value is -4.88. The predicted molar refractivity (Wildman–Crippen MR) is 185 cm³/mol. The molecule has 1 aliphatic heterocycles. The van der Waals surface area contributed by atoms with Gasteiger partial charge in [-0.2, -0.15) is 15.2 Å². The monoisotopic (exact) mass is 612 g/mol. The first-order chi connectivity index (χ1) is 21.9. The van der Waals surface area contributed by atoms with E-state index in [0.717, 1.165) is 51.0 Å². The number of ether oxygens (including phenoxy) is 1. The molecule has 226 valence electrons. The van der Waals surface area contributed by atoms with E-state index in [0.29, 0.717) is 23.9 Å². The Morgan fingerprint density at radius 3 is 2.18 bits per heavy atom. The molecule has 1 aromatic heterocycles. The second-order valence-electron chi connectivity index (χ2n) is 11.4. The van der Waals surface area contributed by atoms with Gasteiger partial charge < -0.3 is 4.74 Å². The van der Waals surface area contributed by atoms with E-state index < -0.39 is 0 Å². The van der Waals surface area contributed by atoms with Crippen LogP contribution in [0.1, 0.15) is 31.4 Å². The summed E-state index contributed by atoms with van der Waals surface area (Å²) in [4.78, 5) is 15.1.